The SMILES string of the molecule is NC(=O)C(NC1CCCN(c2cccnc2)C1=O)c1ccccc1. The predicted molar refractivity (Wildman–Crippen MR) is 91.1 cm³/mol. The van der Waals surface area contributed by atoms with E-state index in [0.717, 1.165) is 17.7 Å². The van der Waals surface area contributed by atoms with Gasteiger partial charge in [-0.1, -0.05) is 30.3 Å². The highest BCUT2D eigenvalue weighted by molar-refractivity contribution is 5.98. The Bertz CT molecular complexity index is 705. The first-order valence-electron chi connectivity index (χ1n) is 7.98. The number of nitrogens with two attached hydrogens (primary N) is 1. The Labute approximate surface area is 140 Å². The van der Waals surface area contributed by atoms with E-state index in [9.17, 15) is 9.59 Å². The fourth-order valence-corrected chi connectivity index (χ4v) is 2.99. The van der Waals surface area contributed by atoms with Crippen LogP contribution in [0.2, 0.25) is 0 Å². The average molecular weight is 324 g/mol. The van der Waals surface area contributed by atoms with E-state index in [0.29, 0.717) is 13.0 Å². The van der Waals surface area contributed by atoms with Crippen molar-refractivity contribution in [1.82, 2.24) is 10.3 Å². The number of carbonyl (C=O) groups is 2. The maximum absolute atomic E-state index is 12.8. The van der Waals surface area contributed by atoms with Crippen LogP contribution in [-0.4, -0.2) is 29.4 Å². The number of carbonyl (C=O) groups excluding carboxylic acids is 2. The normalized spacial score (nSPS) is 19.1. The molecule has 0 spiro atoms. The molecule has 2 amide bonds. The number of anilines is 1. The third-order valence-electron chi connectivity index (χ3n) is 4.18. The van der Waals surface area contributed by atoms with Gasteiger partial charge >= 0.3 is 0 Å². The van der Waals surface area contributed by atoms with Crippen molar-refractivity contribution in [3.8, 4) is 0 Å². The van der Waals surface area contributed by atoms with Crippen molar-refractivity contribution in [2.45, 2.75) is 24.9 Å². The van der Waals surface area contributed by atoms with Gasteiger partial charge in [-0.05, 0) is 30.5 Å². The van der Waals surface area contributed by atoms with E-state index in [1.165, 1.54) is 0 Å². The molecular weight excluding hydrogens is 304 g/mol. The number of hydrogen-bond acceptors (Lipinski definition) is 4. The quantitative estimate of drug-likeness (QED) is 0.870. The average Bonchev–Trinajstić information content (AvgIpc) is 2.62. The number of aromatic nitrogens is 1. The van der Waals surface area contributed by atoms with Crippen LogP contribution in [0.1, 0.15) is 24.4 Å². The summed E-state index contributed by atoms with van der Waals surface area (Å²) >= 11 is 0. The third kappa shape index (κ3) is 3.44. The van der Waals surface area contributed by atoms with Gasteiger partial charge in [0.25, 0.3) is 0 Å². The standard InChI is InChI=1S/C18H20N4O2/c19-17(23)16(13-6-2-1-3-7-13)21-15-9-5-11-22(18(15)24)14-8-4-10-20-12-14/h1-4,6-8,10,12,15-16,21H,5,9,11H2,(H2,19,23). The molecular formula is C18H20N4O2. The number of nitrogens with one attached hydrogen (secondary N) is 1. The smallest absolute Gasteiger partial charge is 0.244 e. The van der Waals surface area contributed by atoms with Gasteiger partial charge in [-0.15, -0.1) is 0 Å². The topological polar surface area (TPSA) is 88.3 Å². The summed E-state index contributed by atoms with van der Waals surface area (Å²) in [5, 5.41) is 3.14. The molecule has 2 heterocycles. The fourth-order valence-electron chi connectivity index (χ4n) is 2.99. The largest absolute Gasteiger partial charge is 0.368 e. The molecule has 0 saturated carbocycles. The summed E-state index contributed by atoms with van der Waals surface area (Å²) in [6, 6.07) is 11.7. The van der Waals surface area contributed by atoms with Gasteiger partial charge in [0.2, 0.25) is 11.8 Å². The van der Waals surface area contributed by atoms with E-state index < -0.39 is 18.0 Å². The highest BCUT2D eigenvalue weighted by Gasteiger charge is 2.32. The minimum Gasteiger partial charge on any atom is -0.368 e. The van der Waals surface area contributed by atoms with Crippen molar-refractivity contribution in [2.75, 3.05) is 11.4 Å². The molecule has 3 rings (SSSR count). The number of hydrogen-bond donors (Lipinski definition) is 2. The summed E-state index contributed by atoms with van der Waals surface area (Å²) in [6.07, 6.45) is 4.86. The molecule has 0 radical (unpaired) electrons. The molecule has 3 N–H and O–H groups in total. The van der Waals surface area contributed by atoms with Crippen molar-refractivity contribution in [2.24, 2.45) is 5.73 Å². The molecule has 6 nitrogen and oxygen atoms in total. The molecule has 2 aromatic rings. The summed E-state index contributed by atoms with van der Waals surface area (Å²) < 4.78 is 0. The number of pyridine rings is 1. The van der Waals surface area contributed by atoms with E-state index in [-0.39, 0.29) is 5.91 Å². The molecule has 0 aliphatic carbocycles. The van der Waals surface area contributed by atoms with Gasteiger partial charge in [-0.3, -0.25) is 19.9 Å². The second-order valence-electron chi connectivity index (χ2n) is 5.81. The number of benzene rings is 1. The Morgan fingerprint density at radius 3 is 2.71 bits per heavy atom. The summed E-state index contributed by atoms with van der Waals surface area (Å²) in [7, 11) is 0. The van der Waals surface area contributed by atoms with Crippen LogP contribution in [0.3, 0.4) is 0 Å². The Morgan fingerprint density at radius 2 is 2.04 bits per heavy atom. The highest BCUT2D eigenvalue weighted by atomic mass is 16.2. The van der Waals surface area contributed by atoms with Gasteiger partial charge in [0.05, 0.1) is 17.9 Å². The number of nitrogens with zero attached hydrogens (tertiary/aromatic N) is 2. The zero-order valence-corrected chi connectivity index (χ0v) is 13.3. The van der Waals surface area contributed by atoms with Gasteiger partial charge in [0.1, 0.15) is 6.04 Å². The van der Waals surface area contributed by atoms with E-state index in [4.69, 9.17) is 5.73 Å². The molecule has 24 heavy (non-hydrogen) atoms. The van der Waals surface area contributed by atoms with Crippen molar-refractivity contribution in [3.05, 3.63) is 60.4 Å². The number of piperidine rings is 1. The van der Waals surface area contributed by atoms with Crippen molar-refractivity contribution >= 4 is 17.5 Å². The summed E-state index contributed by atoms with van der Waals surface area (Å²) in [5.74, 6) is -0.552. The lowest BCUT2D eigenvalue weighted by Crippen LogP contribution is -2.53. The molecule has 6 heteroatoms. The van der Waals surface area contributed by atoms with Gasteiger partial charge in [-0.2, -0.15) is 0 Å². The molecule has 2 unspecified atom stereocenters. The number of primary amides is 1. The summed E-state index contributed by atoms with van der Waals surface area (Å²) in [5.41, 5.74) is 7.07. The first-order chi connectivity index (χ1) is 11.7. The highest BCUT2D eigenvalue weighted by Crippen LogP contribution is 2.22. The minimum absolute atomic E-state index is 0.0589. The lowest BCUT2D eigenvalue weighted by atomic mass is 10.00. The maximum Gasteiger partial charge on any atom is 0.244 e. The van der Waals surface area contributed by atoms with Crippen molar-refractivity contribution in [1.29, 1.82) is 0 Å². The van der Waals surface area contributed by atoms with Crippen molar-refractivity contribution in [3.63, 3.8) is 0 Å². The molecule has 1 aliphatic rings. The monoisotopic (exact) mass is 324 g/mol. The minimum atomic E-state index is -0.686. The van der Waals surface area contributed by atoms with Crippen molar-refractivity contribution < 1.29 is 9.59 Å². The van der Waals surface area contributed by atoms with Gasteiger partial charge in [0.15, 0.2) is 0 Å². The van der Waals surface area contributed by atoms with Crippen LogP contribution < -0.4 is 16.0 Å². The molecule has 2 atom stereocenters. The Balaban J connectivity index is 1.78. The Hall–Kier alpha value is -2.73. The molecule has 0 bridgehead atoms. The van der Waals surface area contributed by atoms with Gasteiger partial charge in [0, 0.05) is 12.7 Å². The summed E-state index contributed by atoms with van der Waals surface area (Å²) in [6.45, 7) is 0.648. The van der Waals surface area contributed by atoms with E-state index in [2.05, 4.69) is 10.3 Å². The zero-order chi connectivity index (χ0) is 16.9. The van der Waals surface area contributed by atoms with E-state index in [1.54, 1.807) is 23.4 Å². The fraction of sp³-hybridized carbons (Fsp3) is 0.278. The predicted octanol–water partition coefficient (Wildman–Crippen LogP) is 1.39. The third-order valence-corrected chi connectivity index (χ3v) is 4.18. The van der Waals surface area contributed by atoms with Crippen LogP contribution in [0.15, 0.2) is 54.9 Å². The number of amides is 2. The van der Waals surface area contributed by atoms with Gasteiger partial charge in [-0.25, -0.2) is 0 Å². The Kier molecular flexibility index (Phi) is 4.86. The second-order valence-corrected chi connectivity index (χ2v) is 5.81. The first kappa shape index (κ1) is 16.1. The molecule has 1 fully saturated rings. The maximum atomic E-state index is 12.8. The molecule has 124 valence electrons. The van der Waals surface area contributed by atoms with E-state index in [1.807, 2.05) is 36.4 Å². The van der Waals surface area contributed by atoms with Crippen LogP contribution in [0.25, 0.3) is 0 Å². The van der Waals surface area contributed by atoms with Crippen LogP contribution in [0, 0.1) is 0 Å². The molecule has 1 aromatic carbocycles. The number of rotatable bonds is 5. The van der Waals surface area contributed by atoms with Crippen LogP contribution in [-0.2, 0) is 9.59 Å². The first-order valence-corrected chi connectivity index (χ1v) is 7.98. The van der Waals surface area contributed by atoms with Crippen LogP contribution >= 0.6 is 0 Å². The van der Waals surface area contributed by atoms with Gasteiger partial charge < -0.3 is 10.6 Å². The molecule has 1 saturated heterocycles. The van der Waals surface area contributed by atoms with Crippen LogP contribution in [0.4, 0.5) is 5.69 Å². The lowest BCUT2D eigenvalue weighted by Gasteiger charge is -2.34. The zero-order valence-electron chi connectivity index (χ0n) is 13.3. The molecule has 1 aliphatic heterocycles. The molecule has 1 aromatic heterocycles. The summed E-state index contributed by atoms with van der Waals surface area (Å²) in [4.78, 5) is 30.4. The lowest BCUT2D eigenvalue weighted by molar-refractivity contribution is -0.123. The second kappa shape index (κ2) is 7.23. The Morgan fingerprint density at radius 1 is 1.25 bits per heavy atom. The van der Waals surface area contributed by atoms with Crippen LogP contribution in [0.5, 0.6) is 0 Å². The van der Waals surface area contributed by atoms with E-state index >= 15 is 0 Å².